The van der Waals surface area contributed by atoms with Crippen LogP contribution in [0.1, 0.15) is 37.7 Å². The molecule has 3 rings (SSSR count). The highest BCUT2D eigenvalue weighted by Crippen LogP contribution is 2.33. The van der Waals surface area contributed by atoms with Crippen molar-refractivity contribution < 1.29 is 9.72 Å². The molecule has 6 nitrogen and oxygen atoms in total. The maximum atomic E-state index is 12.3. The number of benzene rings is 1. The molecule has 1 aromatic rings. The standard InChI is InChI=1S/C17H23N3O3/c21-17(16-11-13-3-1-2-4-15(13)19-16)18-10-9-12-5-7-14(8-6-12)20(22)23/h5-8,13,15-16,19H,1-4,9-11H2,(H,18,21). The van der Waals surface area contributed by atoms with Crippen LogP contribution in [0.5, 0.6) is 0 Å². The largest absolute Gasteiger partial charge is 0.354 e. The van der Waals surface area contributed by atoms with E-state index < -0.39 is 4.92 Å². The number of carbonyl (C=O) groups excluding carboxylic acids is 1. The fraction of sp³-hybridized carbons (Fsp3) is 0.588. The maximum Gasteiger partial charge on any atom is 0.269 e. The number of amides is 1. The number of nitrogens with zero attached hydrogens (tertiary/aromatic N) is 1. The normalized spacial score (nSPS) is 26.5. The number of nitro benzene ring substituents is 1. The summed E-state index contributed by atoms with van der Waals surface area (Å²) in [6, 6.07) is 6.95. The molecular weight excluding hydrogens is 294 g/mol. The number of non-ortho nitro benzene ring substituents is 1. The summed E-state index contributed by atoms with van der Waals surface area (Å²) in [5.74, 6) is 0.746. The van der Waals surface area contributed by atoms with Crippen LogP contribution in [0.3, 0.4) is 0 Å². The monoisotopic (exact) mass is 317 g/mol. The van der Waals surface area contributed by atoms with Crippen LogP contribution in [-0.2, 0) is 11.2 Å². The second-order valence-electron chi connectivity index (χ2n) is 6.57. The Morgan fingerprint density at radius 2 is 2.00 bits per heavy atom. The van der Waals surface area contributed by atoms with Crippen molar-refractivity contribution in [2.75, 3.05) is 6.54 Å². The molecule has 124 valence electrons. The van der Waals surface area contributed by atoms with Gasteiger partial charge in [0.15, 0.2) is 0 Å². The third-order valence-corrected chi connectivity index (χ3v) is 5.04. The SMILES string of the molecule is O=C(NCCc1ccc([N+](=O)[O-])cc1)C1CC2CCCCC2N1. The van der Waals surface area contributed by atoms with Crippen molar-refractivity contribution in [3.63, 3.8) is 0 Å². The average molecular weight is 317 g/mol. The van der Waals surface area contributed by atoms with Crippen LogP contribution < -0.4 is 10.6 Å². The molecule has 1 saturated heterocycles. The first-order valence-corrected chi connectivity index (χ1v) is 8.40. The lowest BCUT2D eigenvalue weighted by atomic mass is 9.85. The summed E-state index contributed by atoms with van der Waals surface area (Å²) in [5, 5.41) is 17.1. The maximum absolute atomic E-state index is 12.3. The highest BCUT2D eigenvalue weighted by atomic mass is 16.6. The minimum absolute atomic E-state index is 0.0556. The lowest BCUT2D eigenvalue weighted by molar-refractivity contribution is -0.384. The molecule has 3 unspecified atom stereocenters. The van der Waals surface area contributed by atoms with E-state index in [0.29, 0.717) is 24.9 Å². The second-order valence-corrected chi connectivity index (χ2v) is 6.57. The molecule has 0 radical (unpaired) electrons. The predicted octanol–water partition coefficient (Wildman–Crippen LogP) is 2.17. The molecule has 1 aliphatic heterocycles. The second kappa shape index (κ2) is 7.08. The summed E-state index contributed by atoms with van der Waals surface area (Å²) in [4.78, 5) is 22.5. The number of nitrogens with one attached hydrogen (secondary N) is 2. The first-order chi connectivity index (χ1) is 11.1. The van der Waals surface area contributed by atoms with Gasteiger partial charge in [-0.1, -0.05) is 25.0 Å². The summed E-state index contributed by atoms with van der Waals surface area (Å²) in [6.07, 6.45) is 6.62. The zero-order valence-corrected chi connectivity index (χ0v) is 13.2. The Hall–Kier alpha value is -1.95. The molecular formula is C17H23N3O3. The minimum atomic E-state index is -0.406. The predicted molar refractivity (Wildman–Crippen MR) is 87.1 cm³/mol. The van der Waals surface area contributed by atoms with Gasteiger partial charge in [0.25, 0.3) is 5.69 Å². The van der Waals surface area contributed by atoms with Gasteiger partial charge in [-0.3, -0.25) is 14.9 Å². The number of fused-ring (bicyclic) bond motifs is 1. The van der Waals surface area contributed by atoms with E-state index in [9.17, 15) is 14.9 Å². The molecule has 2 fully saturated rings. The van der Waals surface area contributed by atoms with E-state index >= 15 is 0 Å². The molecule has 3 atom stereocenters. The fourth-order valence-corrected chi connectivity index (χ4v) is 3.76. The number of carbonyl (C=O) groups is 1. The lowest BCUT2D eigenvalue weighted by Gasteiger charge is -2.24. The fourth-order valence-electron chi connectivity index (χ4n) is 3.76. The molecule has 0 aromatic heterocycles. The van der Waals surface area contributed by atoms with Gasteiger partial charge in [0.2, 0.25) is 5.91 Å². The zero-order valence-electron chi connectivity index (χ0n) is 13.2. The van der Waals surface area contributed by atoms with E-state index in [1.54, 1.807) is 12.1 Å². The third-order valence-electron chi connectivity index (χ3n) is 5.04. The first-order valence-electron chi connectivity index (χ1n) is 8.40. The molecule has 0 bridgehead atoms. The Bertz CT molecular complexity index is 559. The highest BCUT2D eigenvalue weighted by Gasteiger charge is 2.37. The molecule has 1 aromatic carbocycles. The van der Waals surface area contributed by atoms with Crippen molar-refractivity contribution in [1.29, 1.82) is 0 Å². The molecule has 1 saturated carbocycles. The molecule has 1 aliphatic carbocycles. The summed E-state index contributed by atoms with van der Waals surface area (Å²) in [5.41, 5.74) is 1.08. The van der Waals surface area contributed by atoms with Gasteiger partial charge in [0, 0.05) is 24.7 Å². The summed E-state index contributed by atoms with van der Waals surface area (Å²) >= 11 is 0. The molecule has 2 aliphatic rings. The van der Waals surface area contributed by atoms with E-state index in [4.69, 9.17) is 0 Å². The Morgan fingerprint density at radius 1 is 1.26 bits per heavy atom. The zero-order chi connectivity index (χ0) is 16.2. The smallest absolute Gasteiger partial charge is 0.269 e. The van der Waals surface area contributed by atoms with Crippen molar-refractivity contribution in [2.24, 2.45) is 5.92 Å². The Morgan fingerprint density at radius 3 is 2.70 bits per heavy atom. The van der Waals surface area contributed by atoms with Crippen LogP contribution in [0.15, 0.2) is 24.3 Å². The summed E-state index contributed by atoms with van der Waals surface area (Å²) in [6.45, 7) is 0.560. The van der Waals surface area contributed by atoms with Gasteiger partial charge in [-0.05, 0) is 37.2 Å². The third kappa shape index (κ3) is 3.88. The van der Waals surface area contributed by atoms with Crippen molar-refractivity contribution in [1.82, 2.24) is 10.6 Å². The number of rotatable bonds is 5. The van der Waals surface area contributed by atoms with E-state index in [1.165, 1.54) is 37.8 Å². The number of hydrogen-bond acceptors (Lipinski definition) is 4. The Balaban J connectivity index is 1.43. The highest BCUT2D eigenvalue weighted by molar-refractivity contribution is 5.82. The Kier molecular flexibility index (Phi) is 4.91. The van der Waals surface area contributed by atoms with Crippen molar-refractivity contribution in [3.8, 4) is 0 Å². The van der Waals surface area contributed by atoms with Crippen LogP contribution in [0.2, 0.25) is 0 Å². The van der Waals surface area contributed by atoms with Crippen molar-refractivity contribution in [3.05, 3.63) is 39.9 Å². The van der Waals surface area contributed by atoms with Gasteiger partial charge in [-0.15, -0.1) is 0 Å². The van der Waals surface area contributed by atoms with Gasteiger partial charge < -0.3 is 10.6 Å². The number of hydrogen-bond donors (Lipinski definition) is 2. The summed E-state index contributed by atoms with van der Waals surface area (Å²) in [7, 11) is 0. The van der Waals surface area contributed by atoms with E-state index in [0.717, 1.165) is 12.0 Å². The molecule has 2 N–H and O–H groups in total. The van der Waals surface area contributed by atoms with Crippen molar-refractivity contribution >= 4 is 11.6 Å². The first kappa shape index (κ1) is 15.9. The van der Waals surface area contributed by atoms with Crippen molar-refractivity contribution in [2.45, 2.75) is 50.6 Å². The Labute approximate surface area is 135 Å². The molecule has 1 heterocycles. The van der Waals surface area contributed by atoms with Crippen LogP contribution in [0, 0.1) is 16.0 Å². The molecule has 23 heavy (non-hydrogen) atoms. The van der Waals surface area contributed by atoms with Gasteiger partial charge in [0.05, 0.1) is 11.0 Å². The van der Waals surface area contributed by atoms with E-state index in [1.807, 2.05) is 0 Å². The molecule has 1 amide bonds. The lowest BCUT2D eigenvalue weighted by Crippen LogP contribution is -2.43. The quantitative estimate of drug-likeness (QED) is 0.644. The molecule has 6 heteroatoms. The van der Waals surface area contributed by atoms with Gasteiger partial charge in [-0.25, -0.2) is 0 Å². The van der Waals surface area contributed by atoms with Crippen LogP contribution >= 0.6 is 0 Å². The van der Waals surface area contributed by atoms with Gasteiger partial charge in [0.1, 0.15) is 0 Å². The number of nitro groups is 1. The van der Waals surface area contributed by atoms with E-state index in [2.05, 4.69) is 10.6 Å². The van der Waals surface area contributed by atoms with E-state index in [-0.39, 0.29) is 17.6 Å². The average Bonchev–Trinajstić information content (AvgIpc) is 2.99. The topological polar surface area (TPSA) is 84.3 Å². The van der Waals surface area contributed by atoms with Gasteiger partial charge in [-0.2, -0.15) is 0 Å². The van der Waals surface area contributed by atoms with Crippen LogP contribution in [-0.4, -0.2) is 29.5 Å². The van der Waals surface area contributed by atoms with Gasteiger partial charge >= 0.3 is 0 Å². The van der Waals surface area contributed by atoms with Crippen LogP contribution in [0.25, 0.3) is 0 Å². The summed E-state index contributed by atoms with van der Waals surface area (Å²) < 4.78 is 0. The van der Waals surface area contributed by atoms with Crippen LogP contribution in [0.4, 0.5) is 5.69 Å². The molecule has 0 spiro atoms. The minimum Gasteiger partial charge on any atom is -0.354 e.